The predicted molar refractivity (Wildman–Crippen MR) is 68.6 cm³/mol. The van der Waals surface area contributed by atoms with Crippen molar-refractivity contribution in [3.63, 3.8) is 0 Å². The van der Waals surface area contributed by atoms with Crippen molar-refractivity contribution in [2.45, 2.75) is 13.8 Å². The molecule has 94 valence electrons. The van der Waals surface area contributed by atoms with Crippen LogP contribution in [0, 0.1) is 5.92 Å². The third-order valence-corrected chi connectivity index (χ3v) is 2.38. The molecule has 4 nitrogen and oxygen atoms in total. The Kier molecular flexibility index (Phi) is 5.63. The molecule has 0 aliphatic heterocycles. The highest BCUT2D eigenvalue weighted by Crippen LogP contribution is 2.12. The summed E-state index contributed by atoms with van der Waals surface area (Å²) in [5, 5.41) is 0. The lowest BCUT2D eigenvalue weighted by Gasteiger charge is -2.25. The van der Waals surface area contributed by atoms with Crippen molar-refractivity contribution in [2.24, 2.45) is 5.92 Å². The van der Waals surface area contributed by atoms with Crippen LogP contribution in [-0.4, -0.2) is 38.1 Å². The number of rotatable bonds is 7. The average Bonchev–Trinajstić information content (AvgIpc) is 2.34. The van der Waals surface area contributed by atoms with Gasteiger partial charge in [0.2, 0.25) is 0 Å². The molecule has 1 aromatic rings. The summed E-state index contributed by atoms with van der Waals surface area (Å²) in [7, 11) is 1.69. The summed E-state index contributed by atoms with van der Waals surface area (Å²) in [5.41, 5.74) is 0.602. The molecule has 0 amide bonds. The molecule has 0 atom stereocenters. The fourth-order valence-electron chi connectivity index (χ4n) is 1.60. The molecule has 0 saturated heterocycles. The summed E-state index contributed by atoms with van der Waals surface area (Å²) in [6.45, 7) is 6.74. The molecule has 0 fully saturated rings. The normalized spacial score (nSPS) is 10.6. The summed E-state index contributed by atoms with van der Waals surface area (Å²) < 4.78 is 5.09. The first kappa shape index (κ1) is 13.6. The van der Waals surface area contributed by atoms with Gasteiger partial charge in [0.15, 0.2) is 6.29 Å². The minimum atomic E-state index is 0.555. The highest BCUT2D eigenvalue weighted by Gasteiger charge is 2.09. The second-order valence-corrected chi connectivity index (χ2v) is 4.40. The average molecular weight is 236 g/mol. The van der Waals surface area contributed by atoms with Gasteiger partial charge < -0.3 is 9.64 Å². The monoisotopic (exact) mass is 236 g/mol. The quantitative estimate of drug-likeness (QED) is 0.679. The maximum absolute atomic E-state index is 10.6. The van der Waals surface area contributed by atoms with Gasteiger partial charge in [0.1, 0.15) is 5.82 Å². The molecular weight excluding hydrogens is 216 g/mol. The maximum Gasteiger partial charge on any atom is 0.151 e. The number of pyridine rings is 1. The number of hydrogen-bond acceptors (Lipinski definition) is 4. The van der Waals surface area contributed by atoms with Gasteiger partial charge in [0.05, 0.1) is 6.61 Å². The van der Waals surface area contributed by atoms with E-state index in [0.29, 0.717) is 18.1 Å². The van der Waals surface area contributed by atoms with E-state index in [1.807, 2.05) is 6.07 Å². The lowest BCUT2D eigenvalue weighted by molar-refractivity contribution is 0.112. The van der Waals surface area contributed by atoms with Gasteiger partial charge in [0.25, 0.3) is 0 Å². The Hall–Kier alpha value is -1.42. The Morgan fingerprint density at radius 1 is 1.47 bits per heavy atom. The summed E-state index contributed by atoms with van der Waals surface area (Å²) >= 11 is 0. The molecule has 0 spiro atoms. The van der Waals surface area contributed by atoms with Crippen LogP contribution in [0.25, 0.3) is 0 Å². The zero-order chi connectivity index (χ0) is 12.7. The van der Waals surface area contributed by atoms with Crippen LogP contribution in [0.4, 0.5) is 5.82 Å². The molecule has 0 aliphatic rings. The third kappa shape index (κ3) is 4.53. The number of anilines is 1. The molecule has 0 saturated carbocycles. The minimum absolute atomic E-state index is 0.555. The van der Waals surface area contributed by atoms with Crippen molar-refractivity contribution in [2.75, 3.05) is 31.7 Å². The van der Waals surface area contributed by atoms with Gasteiger partial charge in [-0.2, -0.15) is 0 Å². The largest absolute Gasteiger partial charge is 0.383 e. The van der Waals surface area contributed by atoms with Gasteiger partial charge in [-0.15, -0.1) is 0 Å². The number of aldehydes is 1. The molecule has 1 aromatic heterocycles. The molecule has 4 heteroatoms. The topological polar surface area (TPSA) is 42.4 Å². The molecule has 0 unspecified atom stereocenters. The second kappa shape index (κ2) is 7.01. The number of hydrogen-bond donors (Lipinski definition) is 0. The van der Waals surface area contributed by atoms with Crippen molar-refractivity contribution >= 4 is 12.1 Å². The van der Waals surface area contributed by atoms with Crippen LogP contribution in [0.15, 0.2) is 18.3 Å². The summed E-state index contributed by atoms with van der Waals surface area (Å²) in [5.74, 6) is 1.45. The van der Waals surface area contributed by atoms with Crippen molar-refractivity contribution in [3.8, 4) is 0 Å². The van der Waals surface area contributed by atoms with Crippen LogP contribution in [0.1, 0.15) is 24.2 Å². The zero-order valence-electron chi connectivity index (χ0n) is 10.7. The third-order valence-electron chi connectivity index (χ3n) is 2.38. The van der Waals surface area contributed by atoms with E-state index in [-0.39, 0.29) is 0 Å². The van der Waals surface area contributed by atoms with E-state index in [9.17, 15) is 4.79 Å². The Morgan fingerprint density at radius 2 is 2.24 bits per heavy atom. The number of methoxy groups -OCH3 is 1. The van der Waals surface area contributed by atoms with Gasteiger partial charge in [-0.3, -0.25) is 4.79 Å². The fourth-order valence-corrected chi connectivity index (χ4v) is 1.60. The lowest BCUT2D eigenvalue weighted by Crippen LogP contribution is -2.31. The van der Waals surface area contributed by atoms with Crippen LogP contribution in [0.2, 0.25) is 0 Å². The molecule has 0 N–H and O–H groups in total. The number of carbonyl (C=O) groups excluding carboxylic acids is 1. The predicted octanol–water partition coefficient (Wildman–Crippen LogP) is 2.00. The number of aromatic nitrogens is 1. The highest BCUT2D eigenvalue weighted by molar-refractivity contribution is 5.74. The summed E-state index contributed by atoms with van der Waals surface area (Å²) in [6.07, 6.45) is 2.40. The second-order valence-electron chi connectivity index (χ2n) is 4.40. The van der Waals surface area contributed by atoms with Crippen LogP contribution in [0.3, 0.4) is 0 Å². The Bertz CT molecular complexity index is 336. The first-order valence-corrected chi connectivity index (χ1v) is 5.82. The fraction of sp³-hybridized carbons (Fsp3) is 0.538. The molecule has 0 aliphatic carbocycles. The van der Waals surface area contributed by atoms with Gasteiger partial charge in [-0.1, -0.05) is 13.8 Å². The number of ether oxygens (including phenoxy) is 1. The summed E-state index contributed by atoms with van der Waals surface area (Å²) in [6, 6.07) is 3.66. The van der Waals surface area contributed by atoms with E-state index in [2.05, 4.69) is 23.7 Å². The van der Waals surface area contributed by atoms with E-state index in [0.717, 1.165) is 25.2 Å². The molecule has 0 bridgehead atoms. The maximum atomic E-state index is 10.6. The van der Waals surface area contributed by atoms with Gasteiger partial charge in [-0.25, -0.2) is 4.98 Å². The van der Waals surface area contributed by atoms with Crippen molar-refractivity contribution in [3.05, 3.63) is 23.9 Å². The smallest absolute Gasteiger partial charge is 0.151 e. The van der Waals surface area contributed by atoms with Crippen LogP contribution in [-0.2, 0) is 4.74 Å². The Labute approximate surface area is 103 Å². The van der Waals surface area contributed by atoms with Gasteiger partial charge >= 0.3 is 0 Å². The molecule has 1 heterocycles. The van der Waals surface area contributed by atoms with Crippen molar-refractivity contribution < 1.29 is 9.53 Å². The Balaban J connectivity index is 2.75. The van der Waals surface area contributed by atoms with Crippen molar-refractivity contribution in [1.82, 2.24) is 4.98 Å². The van der Waals surface area contributed by atoms with E-state index in [1.165, 1.54) is 0 Å². The van der Waals surface area contributed by atoms with Gasteiger partial charge in [0, 0.05) is 32.0 Å². The zero-order valence-corrected chi connectivity index (χ0v) is 10.7. The lowest BCUT2D eigenvalue weighted by atomic mass is 10.2. The highest BCUT2D eigenvalue weighted by atomic mass is 16.5. The molecule has 0 aromatic carbocycles. The van der Waals surface area contributed by atoms with Crippen LogP contribution in [0.5, 0.6) is 0 Å². The first-order chi connectivity index (χ1) is 8.17. The minimum Gasteiger partial charge on any atom is -0.383 e. The Morgan fingerprint density at radius 3 is 2.71 bits per heavy atom. The van der Waals surface area contributed by atoms with Crippen LogP contribution >= 0.6 is 0 Å². The number of carbonyl (C=O) groups is 1. The van der Waals surface area contributed by atoms with Gasteiger partial charge in [-0.05, 0) is 18.1 Å². The SMILES string of the molecule is COCCN(CC(C)C)c1ccc(C=O)cn1. The van der Waals surface area contributed by atoms with E-state index in [4.69, 9.17) is 4.74 Å². The molecule has 1 rings (SSSR count). The van der Waals surface area contributed by atoms with Crippen molar-refractivity contribution in [1.29, 1.82) is 0 Å². The van der Waals surface area contributed by atoms with E-state index in [1.54, 1.807) is 19.4 Å². The number of nitrogens with zero attached hydrogens (tertiary/aromatic N) is 2. The molecule has 17 heavy (non-hydrogen) atoms. The van der Waals surface area contributed by atoms with E-state index >= 15 is 0 Å². The molecule has 0 radical (unpaired) electrons. The van der Waals surface area contributed by atoms with Crippen LogP contribution < -0.4 is 4.90 Å². The van der Waals surface area contributed by atoms with E-state index < -0.39 is 0 Å². The molecular formula is C13H20N2O2. The first-order valence-electron chi connectivity index (χ1n) is 5.82. The summed E-state index contributed by atoms with van der Waals surface area (Å²) in [4.78, 5) is 17.0. The standard InChI is InChI=1S/C13H20N2O2/c1-11(2)9-15(6-7-17-3)13-5-4-12(10-16)8-14-13/h4-5,8,10-11H,6-7,9H2,1-3H3.